The van der Waals surface area contributed by atoms with Gasteiger partial charge in [0.25, 0.3) is 0 Å². The molecule has 0 aromatic carbocycles. The Morgan fingerprint density at radius 3 is 2.37 bits per heavy atom. The van der Waals surface area contributed by atoms with Crippen molar-refractivity contribution in [2.24, 2.45) is 11.8 Å². The molecule has 0 unspecified atom stereocenters. The first-order valence-corrected chi connectivity index (χ1v) is 8.20. The summed E-state index contributed by atoms with van der Waals surface area (Å²) in [7, 11) is 0. The summed E-state index contributed by atoms with van der Waals surface area (Å²) in [5.41, 5.74) is 0. The lowest BCUT2D eigenvalue weighted by Gasteiger charge is -2.35. The molecule has 110 valence electrons. The Morgan fingerprint density at radius 1 is 1.16 bits per heavy atom. The molecule has 4 heteroatoms. The predicted molar refractivity (Wildman–Crippen MR) is 77.4 cm³/mol. The minimum absolute atomic E-state index is 0.288. The van der Waals surface area contributed by atoms with E-state index in [1.807, 2.05) is 0 Å². The van der Waals surface area contributed by atoms with E-state index in [0.717, 1.165) is 44.7 Å². The SMILES string of the molecule is CC1CCC(C(=O)N2CCC(OCCCl)CC2)CC1. The van der Waals surface area contributed by atoms with Gasteiger partial charge in [-0.3, -0.25) is 4.79 Å². The molecule has 0 bridgehead atoms. The van der Waals surface area contributed by atoms with Gasteiger partial charge in [0, 0.05) is 24.9 Å². The minimum atomic E-state index is 0.288. The molecule has 1 aliphatic carbocycles. The maximum atomic E-state index is 12.4. The highest BCUT2D eigenvalue weighted by molar-refractivity contribution is 6.17. The molecule has 1 saturated heterocycles. The van der Waals surface area contributed by atoms with E-state index in [9.17, 15) is 4.79 Å². The van der Waals surface area contributed by atoms with Gasteiger partial charge in [-0.25, -0.2) is 0 Å². The lowest BCUT2D eigenvalue weighted by Crippen LogP contribution is -2.44. The van der Waals surface area contributed by atoms with Crippen molar-refractivity contribution in [1.82, 2.24) is 4.90 Å². The molecular weight excluding hydrogens is 262 g/mol. The number of halogens is 1. The first-order valence-electron chi connectivity index (χ1n) is 7.67. The number of ether oxygens (including phenoxy) is 1. The Morgan fingerprint density at radius 2 is 1.79 bits per heavy atom. The Bertz CT molecular complexity index is 282. The largest absolute Gasteiger partial charge is 0.377 e. The molecule has 0 N–H and O–H groups in total. The number of nitrogens with zero attached hydrogens (tertiary/aromatic N) is 1. The van der Waals surface area contributed by atoms with Crippen molar-refractivity contribution >= 4 is 17.5 Å². The number of carbonyl (C=O) groups is 1. The Labute approximate surface area is 121 Å². The van der Waals surface area contributed by atoms with Crippen LogP contribution >= 0.6 is 11.6 Å². The van der Waals surface area contributed by atoms with Gasteiger partial charge in [-0.05, 0) is 44.4 Å². The van der Waals surface area contributed by atoms with Crippen LogP contribution < -0.4 is 0 Å². The highest BCUT2D eigenvalue weighted by Crippen LogP contribution is 2.30. The summed E-state index contributed by atoms with van der Waals surface area (Å²) in [5.74, 6) is 2.04. The summed E-state index contributed by atoms with van der Waals surface area (Å²) in [6.07, 6.45) is 6.83. The normalized spacial score (nSPS) is 29.5. The molecule has 1 saturated carbocycles. The van der Waals surface area contributed by atoms with Crippen molar-refractivity contribution < 1.29 is 9.53 Å². The summed E-state index contributed by atoms with van der Waals surface area (Å²) in [6, 6.07) is 0. The van der Waals surface area contributed by atoms with E-state index in [1.165, 1.54) is 12.8 Å². The molecule has 2 aliphatic rings. The predicted octanol–water partition coefficient (Wildman–Crippen LogP) is 3.06. The van der Waals surface area contributed by atoms with Crippen molar-refractivity contribution in [2.45, 2.75) is 51.6 Å². The summed E-state index contributed by atoms with van der Waals surface area (Å²) in [4.78, 5) is 14.5. The van der Waals surface area contributed by atoms with Crippen LogP contribution in [0.1, 0.15) is 45.4 Å². The second kappa shape index (κ2) is 7.49. The third-order valence-corrected chi connectivity index (χ3v) is 4.70. The van der Waals surface area contributed by atoms with E-state index < -0.39 is 0 Å². The van der Waals surface area contributed by atoms with E-state index in [2.05, 4.69) is 11.8 Å². The Balaban J connectivity index is 1.73. The Kier molecular flexibility index (Phi) is 5.96. The van der Waals surface area contributed by atoms with Crippen LogP contribution in [0.5, 0.6) is 0 Å². The lowest BCUT2D eigenvalue weighted by molar-refractivity contribution is -0.139. The quantitative estimate of drug-likeness (QED) is 0.744. The van der Waals surface area contributed by atoms with E-state index in [0.29, 0.717) is 24.5 Å². The molecule has 1 amide bonds. The number of amides is 1. The van der Waals surface area contributed by atoms with Gasteiger partial charge >= 0.3 is 0 Å². The third-order valence-electron chi connectivity index (χ3n) is 4.55. The zero-order valence-electron chi connectivity index (χ0n) is 11.9. The van der Waals surface area contributed by atoms with Gasteiger partial charge in [0.05, 0.1) is 12.7 Å². The molecule has 0 atom stereocenters. The van der Waals surface area contributed by atoms with Crippen LogP contribution in [0.15, 0.2) is 0 Å². The van der Waals surface area contributed by atoms with Crippen LogP contribution in [0, 0.1) is 11.8 Å². The highest BCUT2D eigenvalue weighted by Gasteiger charge is 2.30. The fraction of sp³-hybridized carbons (Fsp3) is 0.933. The second-order valence-corrected chi connectivity index (χ2v) is 6.42. The van der Waals surface area contributed by atoms with Gasteiger partial charge in [-0.15, -0.1) is 11.6 Å². The zero-order chi connectivity index (χ0) is 13.7. The Hall–Kier alpha value is -0.280. The standard InChI is InChI=1S/C15H26ClNO2/c1-12-2-4-13(5-3-12)15(18)17-9-6-14(7-10-17)19-11-8-16/h12-14H,2-11H2,1H3. The number of hydrogen-bond acceptors (Lipinski definition) is 2. The summed E-state index contributed by atoms with van der Waals surface area (Å²) < 4.78 is 5.65. The van der Waals surface area contributed by atoms with E-state index in [4.69, 9.17) is 16.3 Å². The van der Waals surface area contributed by atoms with Gasteiger partial charge in [0.1, 0.15) is 0 Å². The monoisotopic (exact) mass is 287 g/mol. The second-order valence-electron chi connectivity index (χ2n) is 6.04. The average molecular weight is 288 g/mol. The van der Waals surface area contributed by atoms with Crippen LogP contribution in [0.3, 0.4) is 0 Å². The number of piperidine rings is 1. The molecule has 19 heavy (non-hydrogen) atoms. The van der Waals surface area contributed by atoms with Gasteiger partial charge in [0.15, 0.2) is 0 Å². The molecule has 3 nitrogen and oxygen atoms in total. The molecule has 1 heterocycles. The first-order chi connectivity index (χ1) is 9.20. The number of alkyl halides is 1. The maximum Gasteiger partial charge on any atom is 0.225 e. The topological polar surface area (TPSA) is 29.5 Å². The van der Waals surface area contributed by atoms with Crippen molar-refractivity contribution in [3.05, 3.63) is 0 Å². The molecule has 0 radical (unpaired) electrons. The molecule has 0 aromatic rings. The van der Waals surface area contributed by atoms with Crippen molar-refractivity contribution in [3.8, 4) is 0 Å². The molecule has 1 aliphatic heterocycles. The number of hydrogen-bond donors (Lipinski definition) is 0. The van der Waals surface area contributed by atoms with Gasteiger partial charge in [-0.1, -0.05) is 6.92 Å². The molecule has 2 fully saturated rings. The average Bonchev–Trinajstić information content (AvgIpc) is 2.46. The lowest BCUT2D eigenvalue weighted by atomic mass is 9.82. The fourth-order valence-electron chi connectivity index (χ4n) is 3.22. The van der Waals surface area contributed by atoms with E-state index in [1.54, 1.807) is 0 Å². The summed E-state index contributed by atoms with van der Waals surface area (Å²) in [5, 5.41) is 0. The van der Waals surface area contributed by atoms with Crippen molar-refractivity contribution in [2.75, 3.05) is 25.6 Å². The number of carbonyl (C=O) groups excluding carboxylic acids is 1. The van der Waals surface area contributed by atoms with Gasteiger partial charge in [0.2, 0.25) is 5.91 Å². The van der Waals surface area contributed by atoms with Crippen molar-refractivity contribution in [1.29, 1.82) is 0 Å². The van der Waals surface area contributed by atoms with E-state index in [-0.39, 0.29) is 5.92 Å². The molecule has 0 aromatic heterocycles. The maximum absolute atomic E-state index is 12.4. The smallest absolute Gasteiger partial charge is 0.225 e. The van der Waals surface area contributed by atoms with Crippen LogP contribution in [0.4, 0.5) is 0 Å². The van der Waals surface area contributed by atoms with Crippen LogP contribution in [0.25, 0.3) is 0 Å². The summed E-state index contributed by atoms with van der Waals surface area (Å²) in [6.45, 7) is 4.64. The number of rotatable bonds is 4. The van der Waals surface area contributed by atoms with Crippen LogP contribution in [-0.4, -0.2) is 42.5 Å². The summed E-state index contributed by atoms with van der Waals surface area (Å²) >= 11 is 5.62. The molecule has 2 rings (SSSR count). The fourth-order valence-corrected chi connectivity index (χ4v) is 3.31. The minimum Gasteiger partial charge on any atom is -0.377 e. The molecular formula is C15H26ClNO2. The third kappa shape index (κ3) is 4.35. The number of likely N-dealkylation sites (tertiary alicyclic amines) is 1. The highest BCUT2D eigenvalue weighted by atomic mass is 35.5. The van der Waals surface area contributed by atoms with E-state index >= 15 is 0 Å². The first kappa shape index (κ1) is 15.1. The zero-order valence-corrected chi connectivity index (χ0v) is 12.7. The van der Waals surface area contributed by atoms with Gasteiger partial charge in [-0.2, -0.15) is 0 Å². The van der Waals surface area contributed by atoms with Gasteiger partial charge < -0.3 is 9.64 Å². The molecule has 0 spiro atoms. The van der Waals surface area contributed by atoms with Crippen LogP contribution in [-0.2, 0) is 9.53 Å². The van der Waals surface area contributed by atoms with Crippen LogP contribution in [0.2, 0.25) is 0 Å². The van der Waals surface area contributed by atoms with Crippen molar-refractivity contribution in [3.63, 3.8) is 0 Å².